The summed E-state index contributed by atoms with van der Waals surface area (Å²) in [5.41, 5.74) is 0. The Balaban J connectivity index is 1.89. The second-order valence-electron chi connectivity index (χ2n) is 5.64. The summed E-state index contributed by atoms with van der Waals surface area (Å²) in [6, 6.07) is 0.783. The summed E-state index contributed by atoms with van der Waals surface area (Å²) >= 11 is 0. The third-order valence-electron chi connectivity index (χ3n) is 3.69. The third kappa shape index (κ3) is 4.76. The van der Waals surface area contributed by atoms with E-state index in [2.05, 4.69) is 5.32 Å². The van der Waals surface area contributed by atoms with Crippen LogP contribution in [0.3, 0.4) is 0 Å². The summed E-state index contributed by atoms with van der Waals surface area (Å²) in [6.07, 6.45) is 1.95. The fourth-order valence-corrected chi connectivity index (χ4v) is 2.48. The van der Waals surface area contributed by atoms with Crippen molar-refractivity contribution >= 4 is 0 Å². The maximum atomic E-state index is 12.6. The van der Waals surface area contributed by atoms with Crippen LogP contribution in [-0.4, -0.2) is 42.3 Å². The maximum Gasteiger partial charge on any atom is 0.401 e. The lowest BCUT2D eigenvalue weighted by molar-refractivity contribution is -0.152. The van der Waals surface area contributed by atoms with Crippen molar-refractivity contribution < 1.29 is 13.2 Å². The summed E-state index contributed by atoms with van der Waals surface area (Å²) in [5.74, 6) is 0. The average Bonchev–Trinajstić information content (AvgIpc) is 3.14. The van der Waals surface area contributed by atoms with Crippen LogP contribution in [0.25, 0.3) is 0 Å². The van der Waals surface area contributed by atoms with Gasteiger partial charge in [-0.05, 0) is 32.1 Å². The summed E-state index contributed by atoms with van der Waals surface area (Å²) < 4.78 is 37.9. The second-order valence-corrected chi connectivity index (χ2v) is 5.64. The molecule has 18 heavy (non-hydrogen) atoms. The first kappa shape index (κ1) is 14.1. The fraction of sp³-hybridized carbons (Fsp3) is 1.00. The summed E-state index contributed by atoms with van der Waals surface area (Å²) in [5, 5.41) is 3.38. The molecular weight excluding hydrogens is 241 g/mol. The van der Waals surface area contributed by atoms with E-state index >= 15 is 0 Å². The van der Waals surface area contributed by atoms with Gasteiger partial charge in [0, 0.05) is 24.7 Å². The van der Waals surface area contributed by atoms with Gasteiger partial charge in [-0.2, -0.15) is 13.2 Å². The van der Waals surface area contributed by atoms with Crippen molar-refractivity contribution in [3.8, 4) is 0 Å². The average molecular weight is 264 g/mol. The Morgan fingerprint density at radius 3 is 2.33 bits per heavy atom. The predicted molar refractivity (Wildman–Crippen MR) is 65.5 cm³/mol. The zero-order valence-corrected chi connectivity index (χ0v) is 11.0. The number of alkyl halides is 3. The first-order valence-electron chi connectivity index (χ1n) is 7.05. The molecule has 0 aliphatic heterocycles. The van der Waals surface area contributed by atoms with Crippen molar-refractivity contribution in [3.05, 3.63) is 0 Å². The standard InChI is InChI=1S/C13H23F3N2/c1-2-3-12(8-17-10-4-5-10)18(11-6-7-11)9-13(14,15)16/h10-12,17H,2-9H2,1H3. The largest absolute Gasteiger partial charge is 0.401 e. The van der Waals surface area contributed by atoms with Crippen LogP contribution in [0.4, 0.5) is 13.2 Å². The molecule has 0 radical (unpaired) electrons. The molecule has 2 saturated carbocycles. The van der Waals surface area contributed by atoms with Crippen molar-refractivity contribution in [2.75, 3.05) is 13.1 Å². The molecule has 2 aliphatic carbocycles. The predicted octanol–water partition coefficient (Wildman–Crippen LogP) is 2.93. The van der Waals surface area contributed by atoms with Crippen molar-refractivity contribution in [1.29, 1.82) is 0 Å². The van der Waals surface area contributed by atoms with E-state index in [1.165, 1.54) is 12.8 Å². The minimum atomic E-state index is -4.08. The Morgan fingerprint density at radius 2 is 1.89 bits per heavy atom. The van der Waals surface area contributed by atoms with Crippen LogP contribution in [-0.2, 0) is 0 Å². The van der Waals surface area contributed by atoms with Crippen LogP contribution in [0.2, 0.25) is 0 Å². The molecule has 0 spiro atoms. The highest BCUT2D eigenvalue weighted by molar-refractivity contribution is 4.92. The van der Waals surface area contributed by atoms with Crippen molar-refractivity contribution in [1.82, 2.24) is 10.2 Å². The maximum absolute atomic E-state index is 12.6. The molecule has 0 heterocycles. The number of nitrogens with zero attached hydrogens (tertiary/aromatic N) is 1. The second kappa shape index (κ2) is 5.78. The van der Waals surface area contributed by atoms with Gasteiger partial charge in [0.1, 0.15) is 0 Å². The molecule has 0 aromatic carbocycles. The van der Waals surface area contributed by atoms with Gasteiger partial charge in [0.15, 0.2) is 0 Å². The fourth-order valence-electron chi connectivity index (χ4n) is 2.48. The highest BCUT2D eigenvalue weighted by atomic mass is 19.4. The van der Waals surface area contributed by atoms with Gasteiger partial charge < -0.3 is 5.32 Å². The van der Waals surface area contributed by atoms with Gasteiger partial charge in [-0.25, -0.2) is 0 Å². The minimum absolute atomic E-state index is 0.0460. The molecular formula is C13H23F3N2. The highest BCUT2D eigenvalue weighted by Gasteiger charge is 2.41. The van der Waals surface area contributed by atoms with Crippen molar-refractivity contribution in [2.24, 2.45) is 0 Å². The molecule has 2 aliphatic rings. The Morgan fingerprint density at radius 1 is 1.22 bits per heavy atom. The van der Waals surface area contributed by atoms with E-state index in [4.69, 9.17) is 0 Å². The molecule has 0 amide bonds. The zero-order valence-electron chi connectivity index (χ0n) is 11.0. The number of halogens is 3. The SMILES string of the molecule is CCCC(CNC1CC1)N(CC(F)(F)F)C1CC1. The molecule has 2 fully saturated rings. The van der Waals surface area contributed by atoms with E-state index in [1.807, 2.05) is 6.92 Å². The van der Waals surface area contributed by atoms with Crippen molar-refractivity contribution in [2.45, 2.75) is 69.8 Å². The number of hydrogen-bond acceptors (Lipinski definition) is 2. The molecule has 5 heteroatoms. The summed E-state index contributed by atoms with van der Waals surface area (Å²) in [7, 11) is 0. The van der Waals surface area contributed by atoms with Crippen LogP contribution in [0, 0.1) is 0 Å². The van der Waals surface area contributed by atoms with Gasteiger partial charge in [-0.1, -0.05) is 13.3 Å². The molecule has 1 N–H and O–H groups in total. The highest BCUT2D eigenvalue weighted by Crippen LogP contribution is 2.33. The molecule has 1 unspecified atom stereocenters. The van der Waals surface area contributed by atoms with Crippen LogP contribution in [0.5, 0.6) is 0 Å². The lowest BCUT2D eigenvalue weighted by atomic mass is 10.1. The number of rotatable bonds is 8. The van der Waals surface area contributed by atoms with E-state index < -0.39 is 12.7 Å². The van der Waals surface area contributed by atoms with Crippen LogP contribution >= 0.6 is 0 Å². The summed E-state index contributed by atoms with van der Waals surface area (Å²) in [6.45, 7) is 2.02. The molecule has 1 atom stereocenters. The molecule has 0 bridgehead atoms. The molecule has 106 valence electrons. The summed E-state index contributed by atoms with van der Waals surface area (Å²) in [4.78, 5) is 1.69. The lowest BCUT2D eigenvalue weighted by Crippen LogP contribution is -2.48. The number of hydrogen-bond donors (Lipinski definition) is 1. The molecule has 0 saturated heterocycles. The Hall–Kier alpha value is -0.290. The Bertz CT molecular complexity index is 259. The molecule has 0 aromatic heterocycles. The van der Waals surface area contributed by atoms with E-state index in [0.717, 1.165) is 25.7 Å². The van der Waals surface area contributed by atoms with Crippen LogP contribution < -0.4 is 5.32 Å². The molecule has 2 nitrogen and oxygen atoms in total. The normalized spacial score (nSPS) is 22.5. The van der Waals surface area contributed by atoms with Gasteiger partial charge in [0.25, 0.3) is 0 Å². The number of nitrogens with one attached hydrogen (secondary N) is 1. The van der Waals surface area contributed by atoms with Crippen LogP contribution in [0.1, 0.15) is 45.4 Å². The first-order chi connectivity index (χ1) is 8.49. The zero-order chi connectivity index (χ0) is 13.2. The molecule has 0 aromatic rings. The van der Waals surface area contributed by atoms with Crippen LogP contribution in [0.15, 0.2) is 0 Å². The monoisotopic (exact) mass is 264 g/mol. The van der Waals surface area contributed by atoms with Crippen molar-refractivity contribution in [3.63, 3.8) is 0 Å². The van der Waals surface area contributed by atoms with E-state index in [9.17, 15) is 13.2 Å². The minimum Gasteiger partial charge on any atom is -0.312 e. The van der Waals surface area contributed by atoms with Gasteiger partial charge in [-0.15, -0.1) is 0 Å². The first-order valence-corrected chi connectivity index (χ1v) is 7.05. The Labute approximate surface area is 107 Å². The Kier molecular flexibility index (Phi) is 4.54. The van der Waals surface area contributed by atoms with Gasteiger partial charge in [0.2, 0.25) is 0 Å². The van der Waals surface area contributed by atoms with E-state index in [1.54, 1.807) is 4.90 Å². The van der Waals surface area contributed by atoms with E-state index in [-0.39, 0.29) is 12.1 Å². The van der Waals surface area contributed by atoms with E-state index in [0.29, 0.717) is 12.6 Å². The van der Waals surface area contributed by atoms with Gasteiger partial charge in [0.05, 0.1) is 6.54 Å². The smallest absolute Gasteiger partial charge is 0.312 e. The quantitative estimate of drug-likeness (QED) is 0.725. The molecule has 2 rings (SSSR count). The van der Waals surface area contributed by atoms with Gasteiger partial charge >= 0.3 is 6.18 Å². The third-order valence-corrected chi connectivity index (χ3v) is 3.69. The lowest BCUT2D eigenvalue weighted by Gasteiger charge is -2.32. The van der Waals surface area contributed by atoms with Gasteiger partial charge in [-0.3, -0.25) is 4.90 Å². The topological polar surface area (TPSA) is 15.3 Å².